The van der Waals surface area contributed by atoms with Crippen molar-refractivity contribution in [3.8, 4) is 17.1 Å². The predicted octanol–water partition coefficient (Wildman–Crippen LogP) is 4.93. The Kier molecular flexibility index (Phi) is 8.33. The Hall–Kier alpha value is -2.80. The highest BCUT2D eigenvalue weighted by atomic mass is 32.2. The van der Waals surface area contributed by atoms with Crippen molar-refractivity contribution < 1.29 is 9.53 Å². The zero-order valence-corrected chi connectivity index (χ0v) is 20.3. The topological polar surface area (TPSA) is 60.3 Å². The summed E-state index contributed by atoms with van der Waals surface area (Å²) in [6.45, 7) is 8.89. The van der Waals surface area contributed by atoms with Crippen LogP contribution in [0.2, 0.25) is 0 Å². The lowest BCUT2D eigenvalue weighted by molar-refractivity contribution is -0.131. The number of methoxy groups -OCH3 is 1. The van der Waals surface area contributed by atoms with Gasteiger partial charge in [0.05, 0.1) is 18.4 Å². The summed E-state index contributed by atoms with van der Waals surface area (Å²) in [6, 6.07) is 18.5. The molecule has 0 unspecified atom stereocenters. The molecule has 0 aliphatic rings. The summed E-state index contributed by atoms with van der Waals surface area (Å²) in [7, 11) is 1.66. The van der Waals surface area contributed by atoms with Gasteiger partial charge in [0.2, 0.25) is 5.91 Å². The van der Waals surface area contributed by atoms with Crippen LogP contribution in [0, 0.1) is 0 Å². The molecule has 3 rings (SSSR count). The highest BCUT2D eigenvalue weighted by Gasteiger charge is 2.22. The van der Waals surface area contributed by atoms with Crippen LogP contribution in [0.5, 0.6) is 5.75 Å². The summed E-state index contributed by atoms with van der Waals surface area (Å²) in [5.41, 5.74) is 2.13. The maximum absolute atomic E-state index is 12.9. The van der Waals surface area contributed by atoms with Gasteiger partial charge in [0.15, 0.2) is 11.0 Å². The molecule has 1 heterocycles. The maximum atomic E-state index is 12.9. The van der Waals surface area contributed by atoms with Crippen molar-refractivity contribution >= 4 is 17.7 Å². The molecule has 170 valence electrons. The fourth-order valence-corrected chi connectivity index (χ4v) is 4.72. The summed E-state index contributed by atoms with van der Waals surface area (Å²) in [5.74, 6) is 1.93. The van der Waals surface area contributed by atoms with Crippen LogP contribution in [0.25, 0.3) is 11.4 Å². The number of nitrogens with zero attached hydrogens (tertiary/aromatic N) is 4. The van der Waals surface area contributed by atoms with Gasteiger partial charge in [0.25, 0.3) is 0 Å². The predicted molar refractivity (Wildman–Crippen MR) is 130 cm³/mol. The van der Waals surface area contributed by atoms with E-state index in [4.69, 9.17) is 4.74 Å². The van der Waals surface area contributed by atoms with Crippen LogP contribution < -0.4 is 4.74 Å². The minimum atomic E-state index is 0.108. The number of amides is 1. The molecule has 2 aromatic carbocycles. The standard InChI is InChI=1S/C25H32N4O2S/c1-18(2)29(19(3)4)23(30)17-32-25-27-26-24(21-13-9-10-14-22(21)31-5)28(25)16-15-20-11-7-6-8-12-20/h6-14,18-19H,15-17H2,1-5H3. The molecule has 0 atom stereocenters. The number of carbonyl (C=O) groups is 1. The first-order chi connectivity index (χ1) is 15.4. The van der Waals surface area contributed by atoms with Crippen molar-refractivity contribution in [2.24, 2.45) is 0 Å². The average Bonchev–Trinajstić information content (AvgIpc) is 3.19. The monoisotopic (exact) mass is 452 g/mol. The third-order valence-corrected chi connectivity index (χ3v) is 6.21. The Morgan fingerprint density at radius 1 is 1.00 bits per heavy atom. The van der Waals surface area contributed by atoms with Crippen LogP contribution in [-0.4, -0.2) is 50.5 Å². The molecule has 1 aromatic heterocycles. The number of carbonyl (C=O) groups excluding carboxylic acids is 1. The van der Waals surface area contributed by atoms with Gasteiger partial charge in [-0.2, -0.15) is 0 Å². The third kappa shape index (κ3) is 5.71. The lowest BCUT2D eigenvalue weighted by atomic mass is 10.1. The molecule has 0 spiro atoms. The van der Waals surface area contributed by atoms with E-state index >= 15 is 0 Å². The number of benzene rings is 2. The zero-order valence-electron chi connectivity index (χ0n) is 19.5. The second-order valence-corrected chi connectivity index (χ2v) is 9.11. The highest BCUT2D eigenvalue weighted by molar-refractivity contribution is 7.99. The van der Waals surface area contributed by atoms with Crippen molar-refractivity contribution in [1.29, 1.82) is 0 Å². The largest absolute Gasteiger partial charge is 0.496 e. The third-order valence-electron chi connectivity index (χ3n) is 5.26. The molecule has 6 nitrogen and oxygen atoms in total. The van der Waals surface area contributed by atoms with E-state index in [2.05, 4.69) is 26.9 Å². The molecule has 0 aliphatic heterocycles. The second-order valence-electron chi connectivity index (χ2n) is 8.17. The molecule has 0 N–H and O–H groups in total. The number of rotatable bonds is 10. The Morgan fingerprint density at radius 2 is 1.66 bits per heavy atom. The normalized spacial score (nSPS) is 11.2. The fraction of sp³-hybridized carbons (Fsp3) is 0.400. The molecular weight excluding hydrogens is 420 g/mol. The SMILES string of the molecule is COc1ccccc1-c1nnc(SCC(=O)N(C(C)C)C(C)C)n1CCc1ccccc1. The average molecular weight is 453 g/mol. The highest BCUT2D eigenvalue weighted by Crippen LogP contribution is 2.31. The Labute approximate surface area is 195 Å². The van der Waals surface area contributed by atoms with Gasteiger partial charge < -0.3 is 14.2 Å². The molecule has 1 amide bonds. The number of aromatic nitrogens is 3. The second kappa shape index (κ2) is 11.2. The molecule has 0 radical (unpaired) electrons. The summed E-state index contributed by atoms with van der Waals surface area (Å²) >= 11 is 1.44. The van der Waals surface area contributed by atoms with Crippen molar-refractivity contribution in [1.82, 2.24) is 19.7 Å². The molecule has 0 saturated heterocycles. The lowest BCUT2D eigenvalue weighted by Gasteiger charge is -2.30. The molecule has 0 fully saturated rings. The van der Waals surface area contributed by atoms with E-state index in [1.165, 1.54) is 17.3 Å². The number of thioether (sulfide) groups is 1. The Morgan fingerprint density at radius 3 is 2.31 bits per heavy atom. The van der Waals surface area contributed by atoms with Crippen molar-refractivity contribution in [3.05, 3.63) is 60.2 Å². The molecule has 3 aromatic rings. The number of hydrogen-bond acceptors (Lipinski definition) is 5. The van der Waals surface area contributed by atoms with E-state index in [1.807, 2.05) is 75.1 Å². The van der Waals surface area contributed by atoms with Gasteiger partial charge >= 0.3 is 0 Å². The summed E-state index contributed by atoms with van der Waals surface area (Å²) < 4.78 is 7.66. The van der Waals surface area contributed by atoms with Crippen LogP contribution in [-0.2, 0) is 17.8 Å². The minimum Gasteiger partial charge on any atom is -0.496 e. The zero-order chi connectivity index (χ0) is 23.1. The van der Waals surface area contributed by atoms with Gasteiger partial charge in [-0.1, -0.05) is 54.2 Å². The quantitative estimate of drug-likeness (QED) is 0.408. The molecule has 0 saturated carbocycles. The van der Waals surface area contributed by atoms with Crippen LogP contribution in [0.1, 0.15) is 33.3 Å². The molecule has 0 bridgehead atoms. The van der Waals surface area contributed by atoms with E-state index in [9.17, 15) is 4.79 Å². The van der Waals surface area contributed by atoms with Gasteiger partial charge in [0.1, 0.15) is 5.75 Å². The number of ether oxygens (including phenoxy) is 1. The van der Waals surface area contributed by atoms with Crippen molar-refractivity contribution in [2.45, 2.75) is 57.9 Å². The van der Waals surface area contributed by atoms with Crippen LogP contribution >= 0.6 is 11.8 Å². The van der Waals surface area contributed by atoms with E-state index in [-0.39, 0.29) is 18.0 Å². The van der Waals surface area contributed by atoms with E-state index in [0.717, 1.165) is 28.7 Å². The first-order valence-electron chi connectivity index (χ1n) is 11.0. The van der Waals surface area contributed by atoms with Gasteiger partial charge in [0, 0.05) is 18.6 Å². The smallest absolute Gasteiger partial charge is 0.233 e. The minimum absolute atomic E-state index is 0.108. The molecule has 7 heteroatoms. The van der Waals surface area contributed by atoms with Crippen molar-refractivity contribution in [3.63, 3.8) is 0 Å². The number of aryl methyl sites for hydroxylation is 1. The molecule has 32 heavy (non-hydrogen) atoms. The summed E-state index contributed by atoms with van der Waals surface area (Å²) in [5, 5.41) is 9.68. The van der Waals surface area contributed by atoms with Crippen LogP contribution in [0.15, 0.2) is 59.8 Å². The van der Waals surface area contributed by atoms with Crippen LogP contribution in [0.3, 0.4) is 0 Å². The summed E-state index contributed by atoms with van der Waals surface area (Å²) in [6.07, 6.45) is 0.840. The number of para-hydroxylation sites is 1. The first kappa shape index (κ1) is 23.9. The molecular formula is C25H32N4O2S. The Bertz CT molecular complexity index is 1010. The van der Waals surface area contributed by atoms with E-state index in [0.29, 0.717) is 12.3 Å². The Balaban J connectivity index is 1.88. The van der Waals surface area contributed by atoms with Gasteiger partial charge in [-0.25, -0.2) is 0 Å². The fourth-order valence-electron chi connectivity index (χ4n) is 3.88. The maximum Gasteiger partial charge on any atom is 0.233 e. The molecule has 0 aliphatic carbocycles. The van der Waals surface area contributed by atoms with Crippen molar-refractivity contribution in [2.75, 3.05) is 12.9 Å². The first-order valence-corrected chi connectivity index (χ1v) is 12.0. The summed E-state index contributed by atoms with van der Waals surface area (Å²) in [4.78, 5) is 14.8. The lowest BCUT2D eigenvalue weighted by Crippen LogP contribution is -2.43. The van der Waals surface area contributed by atoms with Gasteiger partial charge in [-0.3, -0.25) is 4.79 Å². The van der Waals surface area contributed by atoms with Gasteiger partial charge in [-0.05, 0) is 51.8 Å². The van der Waals surface area contributed by atoms with E-state index < -0.39 is 0 Å². The van der Waals surface area contributed by atoms with Crippen LogP contribution in [0.4, 0.5) is 0 Å². The van der Waals surface area contributed by atoms with E-state index in [1.54, 1.807) is 7.11 Å². The van der Waals surface area contributed by atoms with Gasteiger partial charge in [-0.15, -0.1) is 10.2 Å². The number of hydrogen-bond donors (Lipinski definition) is 0.